The number of nitriles is 2. The second-order valence-corrected chi connectivity index (χ2v) is 11.9. The van der Waals surface area contributed by atoms with Crippen LogP contribution >= 0.6 is 0 Å². The molecule has 2 aromatic heterocycles. The minimum Gasteiger partial charge on any atom is -0.309 e. The Labute approximate surface area is 279 Å². The zero-order valence-electron chi connectivity index (χ0n) is 25.6. The molecule has 0 N–H and O–H groups in total. The van der Waals surface area contributed by atoms with E-state index < -0.39 is 23.5 Å². The number of aromatic nitrogens is 2. The Morgan fingerprint density at radius 2 is 0.800 bits per heavy atom. The number of alkyl halides is 6. The minimum absolute atomic E-state index is 0.240. The lowest BCUT2D eigenvalue weighted by Gasteiger charge is -2.20. The Hall–Kier alpha value is -6.52. The third-order valence-corrected chi connectivity index (χ3v) is 9.03. The summed E-state index contributed by atoms with van der Waals surface area (Å²) in [7, 11) is 0. The molecule has 0 unspecified atom stereocenters. The van der Waals surface area contributed by atoms with Gasteiger partial charge in [-0.1, -0.05) is 60.7 Å². The van der Waals surface area contributed by atoms with E-state index in [0.29, 0.717) is 43.6 Å². The molecule has 0 saturated heterocycles. The first-order valence-corrected chi connectivity index (χ1v) is 15.3. The van der Waals surface area contributed by atoms with E-state index in [2.05, 4.69) is 0 Å². The summed E-state index contributed by atoms with van der Waals surface area (Å²) in [4.78, 5) is 0. The quantitative estimate of drug-likeness (QED) is 0.176. The monoisotopic (exact) mass is 670 g/mol. The van der Waals surface area contributed by atoms with E-state index in [1.165, 1.54) is 45.5 Å². The Morgan fingerprint density at radius 3 is 1.18 bits per heavy atom. The minimum atomic E-state index is -4.79. The number of halogens is 6. The summed E-state index contributed by atoms with van der Waals surface area (Å²) in [5.74, 6) is 0. The number of para-hydroxylation sites is 2. The van der Waals surface area contributed by atoms with Crippen LogP contribution in [0.25, 0.3) is 66.1 Å². The molecule has 0 fully saturated rings. The van der Waals surface area contributed by atoms with Crippen molar-refractivity contribution in [2.24, 2.45) is 0 Å². The first-order chi connectivity index (χ1) is 24.0. The zero-order chi connectivity index (χ0) is 34.9. The number of hydrogen-bond donors (Lipinski definition) is 0. The Balaban J connectivity index is 1.44. The van der Waals surface area contributed by atoms with E-state index in [1.807, 2.05) is 12.1 Å². The first-order valence-electron chi connectivity index (χ1n) is 15.3. The van der Waals surface area contributed by atoms with E-state index in [0.717, 1.165) is 12.1 Å². The lowest BCUT2D eigenvalue weighted by Crippen LogP contribution is -2.12. The topological polar surface area (TPSA) is 57.4 Å². The number of hydrogen-bond acceptors (Lipinski definition) is 2. The molecule has 0 aliphatic heterocycles. The number of nitrogens with zero attached hydrogens (tertiary/aromatic N) is 4. The van der Waals surface area contributed by atoms with Gasteiger partial charge in [-0.05, 0) is 71.8 Å². The van der Waals surface area contributed by atoms with Gasteiger partial charge < -0.3 is 9.13 Å². The van der Waals surface area contributed by atoms with Crippen LogP contribution in [0.3, 0.4) is 0 Å². The standard InChI is InChI=1S/C40H20F6N4/c41-39(42,43)31-15-11-25(19-37(31)49-33-7-3-1-5-27(33)29-13-9-23(21-47)17-35(29)49)26-12-16-32(40(44,45)46)38(20-26)50-34-8-4-2-6-28(34)30-14-10-24(22-48)18-36(30)50/h1-20H. The summed E-state index contributed by atoms with van der Waals surface area (Å²) >= 11 is 0. The second kappa shape index (κ2) is 11.0. The van der Waals surface area contributed by atoms with Crippen molar-refractivity contribution in [3.8, 4) is 34.6 Å². The van der Waals surface area contributed by atoms with Gasteiger partial charge >= 0.3 is 12.4 Å². The molecule has 2 heterocycles. The van der Waals surface area contributed by atoms with Crippen molar-refractivity contribution in [1.82, 2.24) is 9.13 Å². The largest absolute Gasteiger partial charge is 0.418 e. The van der Waals surface area contributed by atoms with Crippen LogP contribution in [0.4, 0.5) is 26.3 Å². The summed E-state index contributed by atoms with van der Waals surface area (Å²) in [5, 5.41) is 21.9. The van der Waals surface area contributed by atoms with Gasteiger partial charge in [-0.25, -0.2) is 0 Å². The van der Waals surface area contributed by atoms with Gasteiger partial charge in [0, 0.05) is 21.5 Å². The predicted octanol–water partition coefficient (Wildman–Crippen LogP) is 11.3. The maximum absolute atomic E-state index is 14.7. The molecule has 10 heteroatoms. The van der Waals surface area contributed by atoms with E-state index in [1.54, 1.807) is 72.8 Å². The first kappa shape index (κ1) is 30.8. The molecule has 242 valence electrons. The van der Waals surface area contributed by atoms with Crippen molar-refractivity contribution < 1.29 is 26.3 Å². The molecule has 4 nitrogen and oxygen atoms in total. The highest BCUT2D eigenvalue weighted by molar-refractivity contribution is 6.11. The molecule has 8 rings (SSSR count). The van der Waals surface area contributed by atoms with E-state index in [4.69, 9.17) is 0 Å². The third-order valence-electron chi connectivity index (χ3n) is 9.03. The van der Waals surface area contributed by atoms with Gasteiger partial charge in [-0.15, -0.1) is 0 Å². The Morgan fingerprint density at radius 1 is 0.420 bits per heavy atom. The fourth-order valence-corrected chi connectivity index (χ4v) is 6.87. The van der Waals surface area contributed by atoms with Gasteiger partial charge in [0.15, 0.2) is 0 Å². The second-order valence-electron chi connectivity index (χ2n) is 11.9. The van der Waals surface area contributed by atoms with E-state index in [9.17, 15) is 36.9 Å². The van der Waals surface area contributed by atoms with E-state index >= 15 is 0 Å². The van der Waals surface area contributed by atoms with Crippen LogP contribution in [-0.2, 0) is 12.4 Å². The van der Waals surface area contributed by atoms with Crippen LogP contribution < -0.4 is 0 Å². The summed E-state index contributed by atoms with van der Waals surface area (Å²) in [6.07, 6.45) is -9.57. The molecule has 0 amide bonds. The van der Waals surface area contributed by atoms with Crippen LogP contribution in [-0.4, -0.2) is 9.13 Å². The van der Waals surface area contributed by atoms with E-state index in [-0.39, 0.29) is 33.6 Å². The van der Waals surface area contributed by atoms with Crippen LogP contribution in [0.1, 0.15) is 22.3 Å². The van der Waals surface area contributed by atoms with Crippen LogP contribution in [0.15, 0.2) is 121 Å². The van der Waals surface area contributed by atoms with Crippen molar-refractivity contribution in [3.63, 3.8) is 0 Å². The summed E-state index contributed by atoms with van der Waals surface area (Å²) < 4.78 is 91.1. The normalized spacial score (nSPS) is 12.2. The lowest BCUT2D eigenvalue weighted by atomic mass is 9.98. The van der Waals surface area contributed by atoms with Crippen LogP contribution in [0.2, 0.25) is 0 Å². The van der Waals surface area contributed by atoms with Crippen molar-refractivity contribution in [1.29, 1.82) is 10.5 Å². The zero-order valence-corrected chi connectivity index (χ0v) is 25.6. The fourth-order valence-electron chi connectivity index (χ4n) is 6.87. The molecular formula is C40H20F6N4. The molecular weight excluding hydrogens is 650 g/mol. The molecule has 0 aliphatic carbocycles. The molecule has 0 spiro atoms. The highest BCUT2D eigenvalue weighted by Gasteiger charge is 2.37. The average molecular weight is 671 g/mol. The summed E-state index contributed by atoms with van der Waals surface area (Å²) in [6, 6.07) is 34.6. The maximum Gasteiger partial charge on any atom is 0.418 e. The van der Waals surface area contributed by atoms with Crippen LogP contribution in [0.5, 0.6) is 0 Å². The van der Waals surface area contributed by atoms with Gasteiger partial charge in [-0.3, -0.25) is 0 Å². The summed E-state index contributed by atoms with van der Waals surface area (Å²) in [6.45, 7) is 0. The number of benzene rings is 6. The van der Waals surface area contributed by atoms with Crippen LogP contribution in [0, 0.1) is 22.7 Å². The predicted molar refractivity (Wildman–Crippen MR) is 180 cm³/mol. The highest BCUT2D eigenvalue weighted by atomic mass is 19.4. The highest BCUT2D eigenvalue weighted by Crippen LogP contribution is 2.43. The van der Waals surface area contributed by atoms with Crippen molar-refractivity contribution in [2.45, 2.75) is 12.4 Å². The Bertz CT molecular complexity index is 2580. The SMILES string of the molecule is N#Cc1ccc2c3ccccc3n(-c3cc(-c4ccc(C(F)(F)F)c(-n5c6ccccc6c6ccc(C#N)cc65)c4)ccc3C(F)(F)F)c2c1. The van der Waals surface area contributed by atoms with Crippen molar-refractivity contribution in [3.05, 3.63) is 144 Å². The molecule has 0 saturated carbocycles. The smallest absolute Gasteiger partial charge is 0.309 e. The molecule has 0 aliphatic rings. The van der Waals surface area contributed by atoms with Gasteiger partial charge in [0.25, 0.3) is 0 Å². The maximum atomic E-state index is 14.7. The molecule has 6 aromatic carbocycles. The van der Waals surface area contributed by atoms with Gasteiger partial charge in [-0.2, -0.15) is 36.9 Å². The Kier molecular flexibility index (Phi) is 6.78. The molecule has 8 aromatic rings. The molecule has 0 atom stereocenters. The lowest BCUT2D eigenvalue weighted by molar-refractivity contribution is -0.138. The van der Waals surface area contributed by atoms with Crippen molar-refractivity contribution in [2.75, 3.05) is 0 Å². The average Bonchev–Trinajstić information content (AvgIpc) is 3.62. The molecule has 0 radical (unpaired) electrons. The van der Waals surface area contributed by atoms with Gasteiger partial charge in [0.1, 0.15) is 0 Å². The number of fused-ring (bicyclic) bond motifs is 6. The van der Waals surface area contributed by atoms with Gasteiger partial charge in [0.2, 0.25) is 0 Å². The van der Waals surface area contributed by atoms with Crippen molar-refractivity contribution >= 4 is 43.6 Å². The number of rotatable bonds is 3. The summed E-state index contributed by atoms with van der Waals surface area (Å²) in [5.41, 5.74) is 0.274. The fraction of sp³-hybridized carbons (Fsp3) is 0.0500. The molecule has 0 bridgehead atoms. The molecule has 50 heavy (non-hydrogen) atoms. The third kappa shape index (κ3) is 4.76. The van der Waals surface area contributed by atoms with Gasteiger partial charge in [0.05, 0.1) is 67.8 Å².